The third-order valence-corrected chi connectivity index (χ3v) is 9.51. The number of halogens is 1. The van der Waals surface area contributed by atoms with Crippen molar-refractivity contribution in [2.45, 2.75) is 56.1 Å². The van der Waals surface area contributed by atoms with Gasteiger partial charge < -0.3 is 24.8 Å². The largest absolute Gasteiger partial charge is 0.508 e. The predicted molar refractivity (Wildman–Crippen MR) is 152 cm³/mol. The van der Waals surface area contributed by atoms with Gasteiger partial charge in [0.1, 0.15) is 23.9 Å². The average Bonchev–Trinajstić information content (AvgIpc) is 3.70. The number of ether oxygens (including phenoxy) is 2. The van der Waals surface area contributed by atoms with E-state index in [-0.39, 0.29) is 28.4 Å². The van der Waals surface area contributed by atoms with Gasteiger partial charge in [0.2, 0.25) is 0 Å². The van der Waals surface area contributed by atoms with Crippen LogP contribution in [0.3, 0.4) is 0 Å². The van der Waals surface area contributed by atoms with Gasteiger partial charge in [-0.2, -0.15) is 15.0 Å². The van der Waals surface area contributed by atoms with E-state index in [1.165, 1.54) is 31.0 Å². The summed E-state index contributed by atoms with van der Waals surface area (Å²) in [5.74, 6) is 0.463. The first-order valence-corrected chi connectivity index (χ1v) is 14.7. The Balaban J connectivity index is 1.20. The maximum absolute atomic E-state index is 14.9. The van der Waals surface area contributed by atoms with Gasteiger partial charge in [-0.1, -0.05) is 12.1 Å². The maximum Gasteiger partial charge on any atom is 0.320 e. The molecule has 0 radical (unpaired) electrons. The van der Waals surface area contributed by atoms with Crippen molar-refractivity contribution in [3.63, 3.8) is 0 Å². The molecule has 11 heteroatoms. The van der Waals surface area contributed by atoms with E-state index in [0.29, 0.717) is 41.3 Å². The highest BCUT2D eigenvalue weighted by molar-refractivity contribution is 5.91. The zero-order valence-corrected chi connectivity index (χ0v) is 23.1. The number of nitrogens with one attached hydrogen (secondary N) is 1. The fourth-order valence-electron chi connectivity index (χ4n) is 7.52. The molecule has 8 rings (SSSR count). The van der Waals surface area contributed by atoms with Gasteiger partial charge in [-0.3, -0.25) is 9.47 Å². The van der Waals surface area contributed by atoms with Crippen molar-refractivity contribution in [3.05, 3.63) is 36.1 Å². The van der Waals surface area contributed by atoms with Crippen molar-refractivity contribution in [3.8, 4) is 23.5 Å². The molecule has 2 N–H and O–H groups in total. The van der Waals surface area contributed by atoms with E-state index in [1.807, 2.05) is 7.05 Å². The predicted octanol–water partition coefficient (Wildman–Crippen LogP) is 4.10. The van der Waals surface area contributed by atoms with Crippen molar-refractivity contribution < 1.29 is 19.0 Å². The number of hydrogen-bond acceptors (Lipinski definition) is 9. The maximum atomic E-state index is 14.9. The van der Waals surface area contributed by atoms with Gasteiger partial charge in [0.25, 0.3) is 0 Å². The van der Waals surface area contributed by atoms with Crippen LogP contribution in [0.1, 0.15) is 38.5 Å². The third-order valence-electron chi connectivity index (χ3n) is 9.51. The zero-order valence-electron chi connectivity index (χ0n) is 23.1. The number of aromatic nitrogens is 4. The average molecular weight is 560 g/mol. The van der Waals surface area contributed by atoms with Crippen LogP contribution in [0.5, 0.6) is 23.5 Å². The molecule has 214 valence electrons. The first-order chi connectivity index (χ1) is 20.0. The second-order valence-electron chi connectivity index (χ2n) is 12.1. The summed E-state index contributed by atoms with van der Waals surface area (Å²) in [6.07, 6.45) is 6.96. The molecule has 4 saturated heterocycles. The normalized spacial score (nSPS) is 23.5. The zero-order chi connectivity index (χ0) is 27.7. The molecule has 2 aromatic carbocycles. The molecule has 2 atom stereocenters. The highest BCUT2D eigenvalue weighted by atomic mass is 19.1. The standard InChI is InChI=1S/C30H34FN7O3/c1-36-26-25(33-29(36)41-23-14-21(39)13-18-5-2-6-22(31)24(18)23)27(37-15-19-7-8-20(16-37)32-19)35-28(34-26)40-17-30-9-3-11-38(30)12-4-10-30/h2,5-6,13-14,19-20,32,39H,3-4,7-12,15-17H2,1H3. The molecule has 2 unspecified atom stereocenters. The molecular formula is C30H34FN7O3. The minimum absolute atomic E-state index is 0.0171. The summed E-state index contributed by atoms with van der Waals surface area (Å²) < 4.78 is 29.2. The number of rotatable bonds is 6. The molecule has 2 aromatic heterocycles. The van der Waals surface area contributed by atoms with E-state index in [0.717, 1.165) is 57.7 Å². The summed E-state index contributed by atoms with van der Waals surface area (Å²) in [7, 11) is 1.82. The quantitative estimate of drug-likeness (QED) is 0.362. The van der Waals surface area contributed by atoms with Gasteiger partial charge in [-0.15, -0.1) is 0 Å². The topological polar surface area (TPSA) is 101 Å². The number of nitrogens with zero attached hydrogens (tertiary/aromatic N) is 6. The number of fused-ring (bicyclic) bond motifs is 5. The van der Waals surface area contributed by atoms with Crippen molar-refractivity contribution in [2.24, 2.45) is 7.05 Å². The van der Waals surface area contributed by atoms with Gasteiger partial charge in [-0.25, -0.2) is 4.39 Å². The number of aryl methyl sites for hydroxylation is 1. The number of anilines is 1. The first-order valence-electron chi connectivity index (χ1n) is 14.7. The van der Waals surface area contributed by atoms with Crippen LogP contribution in [0.4, 0.5) is 10.2 Å². The van der Waals surface area contributed by atoms with Crippen molar-refractivity contribution in [1.82, 2.24) is 29.7 Å². The Morgan fingerprint density at radius 1 is 1.07 bits per heavy atom. The van der Waals surface area contributed by atoms with Crippen LogP contribution in [0.15, 0.2) is 30.3 Å². The number of aromatic hydroxyl groups is 1. The van der Waals surface area contributed by atoms with Crippen molar-refractivity contribution >= 4 is 27.8 Å². The molecule has 0 amide bonds. The van der Waals surface area contributed by atoms with Crippen LogP contribution in [-0.2, 0) is 7.05 Å². The number of phenols is 1. The molecule has 4 aromatic rings. The Labute approximate surface area is 237 Å². The molecule has 4 aliphatic rings. The lowest BCUT2D eigenvalue weighted by atomic mass is 9.95. The van der Waals surface area contributed by atoms with E-state index < -0.39 is 5.82 Å². The minimum atomic E-state index is -0.434. The Kier molecular flexibility index (Phi) is 5.75. The van der Waals surface area contributed by atoms with Crippen LogP contribution in [0, 0.1) is 5.82 Å². The summed E-state index contributed by atoms with van der Waals surface area (Å²) in [6, 6.07) is 9.05. The Bertz CT molecular complexity index is 1640. The molecule has 10 nitrogen and oxygen atoms in total. The molecule has 4 aliphatic heterocycles. The summed E-state index contributed by atoms with van der Waals surface area (Å²) in [5, 5.41) is 14.8. The van der Waals surface area contributed by atoms with Crippen LogP contribution < -0.4 is 19.7 Å². The molecule has 0 aliphatic carbocycles. The number of imidazole rings is 1. The monoisotopic (exact) mass is 559 g/mol. The number of benzene rings is 2. The molecule has 2 bridgehead atoms. The van der Waals surface area contributed by atoms with E-state index in [4.69, 9.17) is 24.4 Å². The smallest absolute Gasteiger partial charge is 0.320 e. The summed E-state index contributed by atoms with van der Waals surface area (Å²) in [6.45, 7) is 4.49. The van der Waals surface area contributed by atoms with E-state index >= 15 is 0 Å². The second kappa shape index (κ2) is 9.42. The first kappa shape index (κ1) is 25.0. The van der Waals surface area contributed by atoms with Crippen LogP contribution >= 0.6 is 0 Å². The summed E-state index contributed by atoms with van der Waals surface area (Å²) in [5.41, 5.74) is 1.28. The minimum Gasteiger partial charge on any atom is -0.508 e. The fourth-order valence-corrected chi connectivity index (χ4v) is 7.52. The lowest BCUT2D eigenvalue weighted by molar-refractivity contribution is 0.108. The van der Waals surface area contributed by atoms with Gasteiger partial charge >= 0.3 is 12.0 Å². The van der Waals surface area contributed by atoms with Gasteiger partial charge in [0.05, 0.1) is 10.9 Å². The van der Waals surface area contributed by atoms with E-state index in [9.17, 15) is 9.50 Å². The van der Waals surface area contributed by atoms with Gasteiger partial charge in [0, 0.05) is 38.3 Å². The SMILES string of the molecule is Cn1c(Oc2cc(O)cc3cccc(F)c23)nc2c(N3CC4CCC(C3)N4)nc(OCC34CCCN3CCC4)nc21. The Morgan fingerprint density at radius 2 is 1.85 bits per heavy atom. The van der Waals surface area contributed by atoms with Crippen LogP contribution in [-0.4, -0.2) is 79.9 Å². The number of hydrogen-bond donors (Lipinski definition) is 2. The number of phenolic OH excluding ortho intramolecular Hbond substituents is 1. The van der Waals surface area contributed by atoms with Crippen molar-refractivity contribution in [2.75, 3.05) is 37.7 Å². The Hall–Kier alpha value is -3.70. The summed E-state index contributed by atoms with van der Waals surface area (Å²) >= 11 is 0. The lowest BCUT2D eigenvalue weighted by Gasteiger charge is -2.34. The second-order valence-corrected chi connectivity index (χ2v) is 12.1. The summed E-state index contributed by atoms with van der Waals surface area (Å²) in [4.78, 5) is 19.4. The fraction of sp³-hybridized carbons (Fsp3) is 0.500. The van der Waals surface area contributed by atoms with Gasteiger partial charge in [-0.05, 0) is 69.1 Å². The molecule has 41 heavy (non-hydrogen) atoms. The van der Waals surface area contributed by atoms with Gasteiger partial charge in [0.15, 0.2) is 17.0 Å². The van der Waals surface area contributed by atoms with Crippen LogP contribution in [0.2, 0.25) is 0 Å². The third kappa shape index (κ3) is 4.16. The van der Waals surface area contributed by atoms with Crippen LogP contribution in [0.25, 0.3) is 21.9 Å². The molecule has 4 fully saturated rings. The number of piperazine rings is 1. The van der Waals surface area contributed by atoms with E-state index in [1.54, 1.807) is 16.7 Å². The molecule has 0 saturated carbocycles. The molecule has 0 spiro atoms. The lowest BCUT2D eigenvalue weighted by Crippen LogP contribution is -2.51. The molecular weight excluding hydrogens is 525 g/mol. The highest BCUT2D eigenvalue weighted by Gasteiger charge is 2.45. The van der Waals surface area contributed by atoms with Crippen molar-refractivity contribution in [1.29, 1.82) is 0 Å². The molecule has 6 heterocycles. The Morgan fingerprint density at radius 3 is 2.63 bits per heavy atom. The van der Waals surface area contributed by atoms with E-state index in [2.05, 4.69) is 15.1 Å². The highest BCUT2D eigenvalue weighted by Crippen LogP contribution is 2.40.